The van der Waals surface area contributed by atoms with E-state index in [-0.39, 0.29) is 18.1 Å². The number of rotatable bonds is 3. The van der Waals surface area contributed by atoms with Gasteiger partial charge in [-0.1, -0.05) is 6.42 Å². The average molecular weight is 170 g/mol. The molecule has 0 unspecified atom stereocenters. The highest BCUT2D eigenvalue weighted by Crippen LogP contribution is 2.24. The molecule has 1 fully saturated rings. The summed E-state index contributed by atoms with van der Waals surface area (Å²) in [5, 5.41) is 8.42. The summed E-state index contributed by atoms with van der Waals surface area (Å²) < 4.78 is 0. The van der Waals surface area contributed by atoms with E-state index in [0.717, 1.165) is 19.3 Å². The standard InChI is InChI=1S/C9H14O3/c10-8-4-2-1-3-7(8)5-6-9(11)12/h7H,1-6H2,(H,11,12)/t7-/m1/s1. The molecule has 0 bridgehead atoms. The third kappa shape index (κ3) is 2.64. The largest absolute Gasteiger partial charge is 0.481 e. The molecule has 3 nitrogen and oxygen atoms in total. The second-order valence-electron chi connectivity index (χ2n) is 3.34. The van der Waals surface area contributed by atoms with Gasteiger partial charge in [-0.3, -0.25) is 9.59 Å². The molecule has 12 heavy (non-hydrogen) atoms. The fourth-order valence-electron chi connectivity index (χ4n) is 1.66. The number of carboxylic acid groups (broad SMARTS) is 1. The van der Waals surface area contributed by atoms with E-state index >= 15 is 0 Å². The number of Topliss-reactive ketones (excluding diaryl/α,β-unsaturated/α-hetero) is 1. The van der Waals surface area contributed by atoms with Crippen LogP contribution in [0.2, 0.25) is 0 Å². The minimum Gasteiger partial charge on any atom is -0.481 e. The zero-order chi connectivity index (χ0) is 8.97. The number of hydrogen-bond donors (Lipinski definition) is 1. The third-order valence-electron chi connectivity index (χ3n) is 2.39. The fraction of sp³-hybridized carbons (Fsp3) is 0.778. The van der Waals surface area contributed by atoms with E-state index in [0.29, 0.717) is 12.8 Å². The van der Waals surface area contributed by atoms with Crippen LogP contribution in [-0.4, -0.2) is 16.9 Å². The van der Waals surface area contributed by atoms with E-state index in [1.54, 1.807) is 0 Å². The lowest BCUT2D eigenvalue weighted by Crippen LogP contribution is -2.19. The van der Waals surface area contributed by atoms with Gasteiger partial charge in [-0.15, -0.1) is 0 Å². The van der Waals surface area contributed by atoms with E-state index in [1.165, 1.54) is 0 Å². The normalized spacial score (nSPS) is 24.0. The lowest BCUT2D eigenvalue weighted by Gasteiger charge is -2.19. The Bertz CT molecular complexity index is 186. The van der Waals surface area contributed by atoms with E-state index in [4.69, 9.17) is 5.11 Å². The molecule has 1 rings (SSSR count). The summed E-state index contributed by atoms with van der Waals surface area (Å²) in [6.07, 6.45) is 4.29. The Morgan fingerprint density at radius 1 is 1.50 bits per heavy atom. The molecule has 0 aliphatic heterocycles. The Kier molecular flexibility index (Phi) is 3.26. The number of carbonyl (C=O) groups excluding carboxylic acids is 1. The van der Waals surface area contributed by atoms with E-state index < -0.39 is 5.97 Å². The molecule has 1 atom stereocenters. The molecule has 0 spiro atoms. The first-order chi connectivity index (χ1) is 5.70. The average Bonchev–Trinajstić information content (AvgIpc) is 2.03. The number of ketones is 1. The van der Waals surface area contributed by atoms with Gasteiger partial charge in [0.1, 0.15) is 5.78 Å². The van der Waals surface area contributed by atoms with Gasteiger partial charge < -0.3 is 5.11 Å². The van der Waals surface area contributed by atoms with Crippen molar-refractivity contribution in [2.45, 2.75) is 38.5 Å². The van der Waals surface area contributed by atoms with Crippen molar-refractivity contribution in [1.29, 1.82) is 0 Å². The van der Waals surface area contributed by atoms with Crippen LogP contribution in [0, 0.1) is 5.92 Å². The number of carboxylic acids is 1. The first-order valence-corrected chi connectivity index (χ1v) is 4.44. The molecule has 3 heteroatoms. The van der Waals surface area contributed by atoms with Gasteiger partial charge in [0.05, 0.1) is 0 Å². The topological polar surface area (TPSA) is 54.4 Å². The van der Waals surface area contributed by atoms with Crippen LogP contribution < -0.4 is 0 Å². The Balaban J connectivity index is 2.29. The molecule has 0 saturated heterocycles. The second-order valence-corrected chi connectivity index (χ2v) is 3.34. The molecule has 0 radical (unpaired) electrons. The minimum atomic E-state index is -0.798. The Hall–Kier alpha value is -0.860. The summed E-state index contributed by atoms with van der Waals surface area (Å²) in [6.45, 7) is 0. The third-order valence-corrected chi connectivity index (χ3v) is 2.39. The van der Waals surface area contributed by atoms with Gasteiger partial charge in [0, 0.05) is 18.8 Å². The Morgan fingerprint density at radius 3 is 2.83 bits per heavy atom. The molecule has 1 N–H and O–H groups in total. The van der Waals surface area contributed by atoms with Crippen LogP contribution in [0.1, 0.15) is 38.5 Å². The van der Waals surface area contributed by atoms with Gasteiger partial charge in [0.15, 0.2) is 0 Å². The van der Waals surface area contributed by atoms with Gasteiger partial charge in [-0.25, -0.2) is 0 Å². The Labute approximate surface area is 71.8 Å². The lowest BCUT2D eigenvalue weighted by molar-refractivity contribution is -0.137. The summed E-state index contributed by atoms with van der Waals surface area (Å²) >= 11 is 0. The second kappa shape index (κ2) is 4.24. The van der Waals surface area contributed by atoms with E-state index in [1.807, 2.05) is 0 Å². The summed E-state index contributed by atoms with van der Waals surface area (Å²) in [5.41, 5.74) is 0. The Morgan fingerprint density at radius 2 is 2.25 bits per heavy atom. The predicted octanol–water partition coefficient (Wildman–Crippen LogP) is 1.61. The maximum absolute atomic E-state index is 11.2. The van der Waals surface area contributed by atoms with Crippen molar-refractivity contribution in [2.75, 3.05) is 0 Å². The van der Waals surface area contributed by atoms with Crippen LogP contribution in [0.3, 0.4) is 0 Å². The number of carbonyl (C=O) groups is 2. The molecule has 1 aliphatic carbocycles. The summed E-state index contributed by atoms with van der Waals surface area (Å²) in [5.74, 6) is -0.495. The van der Waals surface area contributed by atoms with Gasteiger partial charge >= 0.3 is 5.97 Å². The van der Waals surface area contributed by atoms with E-state index in [9.17, 15) is 9.59 Å². The molecule has 68 valence electrons. The highest BCUT2D eigenvalue weighted by Gasteiger charge is 2.22. The van der Waals surface area contributed by atoms with Crippen molar-refractivity contribution in [1.82, 2.24) is 0 Å². The monoisotopic (exact) mass is 170 g/mol. The van der Waals surface area contributed by atoms with Crippen LogP contribution in [0.4, 0.5) is 0 Å². The highest BCUT2D eigenvalue weighted by molar-refractivity contribution is 5.82. The first kappa shape index (κ1) is 9.23. The van der Waals surface area contributed by atoms with E-state index in [2.05, 4.69) is 0 Å². The molecule has 1 saturated carbocycles. The van der Waals surface area contributed by atoms with Crippen LogP contribution in [0.15, 0.2) is 0 Å². The molecular weight excluding hydrogens is 156 g/mol. The van der Waals surface area contributed by atoms with Crippen molar-refractivity contribution >= 4 is 11.8 Å². The summed E-state index contributed by atoms with van der Waals surface area (Å²) in [6, 6.07) is 0. The first-order valence-electron chi connectivity index (χ1n) is 4.44. The molecule has 0 amide bonds. The highest BCUT2D eigenvalue weighted by atomic mass is 16.4. The molecule has 0 aromatic heterocycles. The maximum Gasteiger partial charge on any atom is 0.303 e. The lowest BCUT2D eigenvalue weighted by atomic mass is 9.85. The van der Waals surface area contributed by atoms with Gasteiger partial charge in [0.25, 0.3) is 0 Å². The van der Waals surface area contributed by atoms with Crippen LogP contribution in [0.5, 0.6) is 0 Å². The SMILES string of the molecule is O=C(O)CC[C@H]1CCCCC1=O. The van der Waals surface area contributed by atoms with Crippen LogP contribution in [-0.2, 0) is 9.59 Å². The molecule has 0 aromatic carbocycles. The van der Waals surface area contributed by atoms with Gasteiger partial charge in [0.2, 0.25) is 0 Å². The predicted molar refractivity (Wildman–Crippen MR) is 43.8 cm³/mol. The van der Waals surface area contributed by atoms with Gasteiger partial charge in [-0.2, -0.15) is 0 Å². The van der Waals surface area contributed by atoms with Crippen molar-refractivity contribution in [3.8, 4) is 0 Å². The quantitative estimate of drug-likeness (QED) is 0.700. The molecule has 0 heterocycles. The van der Waals surface area contributed by atoms with Crippen molar-refractivity contribution < 1.29 is 14.7 Å². The van der Waals surface area contributed by atoms with Crippen molar-refractivity contribution in [2.24, 2.45) is 5.92 Å². The summed E-state index contributed by atoms with van der Waals surface area (Å²) in [7, 11) is 0. The smallest absolute Gasteiger partial charge is 0.303 e. The van der Waals surface area contributed by atoms with Crippen LogP contribution in [0.25, 0.3) is 0 Å². The minimum absolute atomic E-state index is 0.0369. The molecule has 0 aromatic rings. The van der Waals surface area contributed by atoms with Crippen molar-refractivity contribution in [3.63, 3.8) is 0 Å². The summed E-state index contributed by atoms with van der Waals surface area (Å²) in [4.78, 5) is 21.5. The zero-order valence-electron chi connectivity index (χ0n) is 7.08. The van der Waals surface area contributed by atoms with Gasteiger partial charge in [-0.05, 0) is 19.3 Å². The zero-order valence-corrected chi connectivity index (χ0v) is 7.08. The number of hydrogen-bond acceptors (Lipinski definition) is 2. The maximum atomic E-state index is 11.2. The fourth-order valence-corrected chi connectivity index (χ4v) is 1.66. The molecular formula is C9H14O3. The number of aliphatic carboxylic acids is 1. The van der Waals surface area contributed by atoms with Crippen molar-refractivity contribution in [3.05, 3.63) is 0 Å². The van der Waals surface area contributed by atoms with Crippen LogP contribution >= 0.6 is 0 Å². The molecule has 1 aliphatic rings.